The normalized spacial score (nSPS) is 13.3. The summed E-state index contributed by atoms with van der Waals surface area (Å²) in [6, 6.07) is 7.02. The molecule has 5 nitrogen and oxygen atoms in total. The van der Waals surface area contributed by atoms with E-state index in [2.05, 4.69) is 4.98 Å². The zero-order chi connectivity index (χ0) is 15.6. The van der Waals surface area contributed by atoms with Gasteiger partial charge in [-0.3, -0.25) is 0 Å². The summed E-state index contributed by atoms with van der Waals surface area (Å²) in [4.78, 5) is 4.20. The summed E-state index contributed by atoms with van der Waals surface area (Å²) < 4.78 is 29.5. The number of sulfone groups is 1. The molecule has 0 aliphatic carbocycles. The average Bonchev–Trinajstić information content (AvgIpc) is 2.80. The molecule has 21 heavy (non-hydrogen) atoms. The molecule has 0 saturated heterocycles. The van der Waals surface area contributed by atoms with Crippen molar-refractivity contribution < 1.29 is 17.9 Å². The van der Waals surface area contributed by atoms with E-state index in [0.717, 1.165) is 5.56 Å². The summed E-state index contributed by atoms with van der Waals surface area (Å²) in [5.41, 5.74) is 1.39. The van der Waals surface area contributed by atoms with Crippen LogP contribution in [0, 0.1) is 6.92 Å². The Labute approximate surface area is 128 Å². The predicted molar refractivity (Wildman–Crippen MR) is 81.0 cm³/mol. The van der Waals surface area contributed by atoms with Crippen molar-refractivity contribution in [2.45, 2.75) is 19.1 Å². The fraction of sp³-hybridized carbons (Fsp3) is 0.357. The van der Waals surface area contributed by atoms with E-state index >= 15 is 0 Å². The Kier molecular flexibility index (Phi) is 4.70. The lowest BCUT2D eigenvalue weighted by atomic mass is 10.1. The van der Waals surface area contributed by atoms with Gasteiger partial charge in [0.1, 0.15) is 5.25 Å². The van der Waals surface area contributed by atoms with E-state index in [1.54, 1.807) is 31.2 Å². The van der Waals surface area contributed by atoms with Crippen LogP contribution in [-0.4, -0.2) is 30.9 Å². The van der Waals surface area contributed by atoms with Crippen molar-refractivity contribution in [3.05, 3.63) is 40.9 Å². The summed E-state index contributed by atoms with van der Waals surface area (Å²) >= 11 is 5.84. The van der Waals surface area contributed by atoms with E-state index in [1.807, 2.05) is 0 Å². The standard InChI is InChI=1S/C14H16ClNO4S/c1-9-13(11-3-5-12(15)6-4-11)20-14(16-9)10(2)21(18,19)8-7-17/h3-6,10,17H,7-8H2,1-2H3. The molecule has 1 unspecified atom stereocenters. The summed E-state index contributed by atoms with van der Waals surface area (Å²) in [6.45, 7) is 2.83. The highest BCUT2D eigenvalue weighted by Crippen LogP contribution is 2.30. The van der Waals surface area contributed by atoms with Crippen molar-refractivity contribution >= 4 is 21.4 Å². The molecule has 0 aliphatic heterocycles. The van der Waals surface area contributed by atoms with Crippen molar-refractivity contribution in [2.24, 2.45) is 0 Å². The Balaban J connectivity index is 2.37. The molecule has 1 aromatic carbocycles. The second-order valence-corrected chi connectivity index (χ2v) is 7.58. The Morgan fingerprint density at radius 3 is 2.52 bits per heavy atom. The minimum atomic E-state index is -3.48. The van der Waals surface area contributed by atoms with Crippen molar-refractivity contribution in [1.29, 1.82) is 0 Å². The van der Waals surface area contributed by atoms with Gasteiger partial charge in [0.2, 0.25) is 5.89 Å². The maximum atomic E-state index is 12.0. The van der Waals surface area contributed by atoms with Gasteiger partial charge in [-0.1, -0.05) is 11.6 Å². The molecule has 0 spiro atoms. The monoisotopic (exact) mass is 329 g/mol. The van der Waals surface area contributed by atoms with Crippen LogP contribution in [0.3, 0.4) is 0 Å². The Bertz CT molecular complexity index is 722. The van der Waals surface area contributed by atoms with Gasteiger partial charge < -0.3 is 9.52 Å². The molecule has 114 valence electrons. The largest absolute Gasteiger partial charge is 0.439 e. The second kappa shape index (κ2) is 6.17. The fourth-order valence-corrected chi connectivity index (χ4v) is 3.06. The molecule has 1 aromatic heterocycles. The average molecular weight is 330 g/mol. The number of aliphatic hydroxyl groups excluding tert-OH is 1. The fourth-order valence-electron chi connectivity index (χ4n) is 1.92. The molecule has 2 aromatic rings. The summed E-state index contributed by atoms with van der Waals surface area (Å²) in [5.74, 6) is 0.338. The summed E-state index contributed by atoms with van der Waals surface area (Å²) in [7, 11) is -3.48. The van der Waals surface area contributed by atoms with Crippen LogP contribution in [0.25, 0.3) is 11.3 Å². The number of aliphatic hydroxyl groups is 1. The maximum Gasteiger partial charge on any atom is 0.213 e. The third-order valence-electron chi connectivity index (χ3n) is 3.18. The summed E-state index contributed by atoms with van der Waals surface area (Å²) in [6.07, 6.45) is 0. The van der Waals surface area contributed by atoms with E-state index in [-0.39, 0.29) is 11.6 Å². The van der Waals surface area contributed by atoms with Gasteiger partial charge in [0.05, 0.1) is 18.1 Å². The lowest BCUT2D eigenvalue weighted by Gasteiger charge is -2.07. The molecule has 0 fully saturated rings. The molecule has 0 amide bonds. The second-order valence-electron chi connectivity index (χ2n) is 4.71. The molecule has 1 heterocycles. The van der Waals surface area contributed by atoms with Crippen LogP contribution in [0.5, 0.6) is 0 Å². The van der Waals surface area contributed by atoms with Crippen LogP contribution >= 0.6 is 11.6 Å². The van der Waals surface area contributed by atoms with Crippen molar-refractivity contribution in [1.82, 2.24) is 4.98 Å². The number of halogens is 1. The van der Waals surface area contributed by atoms with Crippen LogP contribution in [-0.2, 0) is 9.84 Å². The van der Waals surface area contributed by atoms with Crippen molar-refractivity contribution in [3.63, 3.8) is 0 Å². The van der Waals surface area contributed by atoms with Gasteiger partial charge in [-0.05, 0) is 38.1 Å². The molecular formula is C14H16ClNO4S. The highest BCUT2D eigenvalue weighted by Gasteiger charge is 2.27. The lowest BCUT2D eigenvalue weighted by Crippen LogP contribution is -2.16. The molecule has 7 heteroatoms. The van der Waals surface area contributed by atoms with E-state index in [1.165, 1.54) is 6.92 Å². The third-order valence-corrected chi connectivity index (χ3v) is 5.46. The SMILES string of the molecule is Cc1nc(C(C)S(=O)(=O)CCO)oc1-c1ccc(Cl)cc1. The van der Waals surface area contributed by atoms with E-state index in [9.17, 15) is 8.42 Å². The molecule has 0 saturated carbocycles. The highest BCUT2D eigenvalue weighted by atomic mass is 35.5. The van der Waals surface area contributed by atoms with Crippen LogP contribution < -0.4 is 0 Å². The highest BCUT2D eigenvalue weighted by molar-refractivity contribution is 7.91. The smallest absolute Gasteiger partial charge is 0.213 e. The number of hydrogen-bond acceptors (Lipinski definition) is 5. The number of oxazole rings is 1. The first-order valence-electron chi connectivity index (χ1n) is 6.41. The molecule has 1 N–H and O–H groups in total. The van der Waals surface area contributed by atoms with Crippen LogP contribution in [0.15, 0.2) is 28.7 Å². The lowest BCUT2D eigenvalue weighted by molar-refractivity contribution is 0.319. The van der Waals surface area contributed by atoms with E-state index in [4.69, 9.17) is 21.1 Å². The van der Waals surface area contributed by atoms with Gasteiger partial charge in [-0.2, -0.15) is 0 Å². The number of benzene rings is 1. The van der Waals surface area contributed by atoms with Gasteiger partial charge >= 0.3 is 0 Å². The van der Waals surface area contributed by atoms with E-state index < -0.39 is 21.7 Å². The first-order chi connectivity index (χ1) is 9.85. The third kappa shape index (κ3) is 3.45. The molecule has 0 bridgehead atoms. The zero-order valence-corrected chi connectivity index (χ0v) is 13.3. The maximum absolute atomic E-state index is 12.0. The first-order valence-corrected chi connectivity index (χ1v) is 8.50. The molecule has 0 aliphatic rings. The number of aromatic nitrogens is 1. The molecule has 0 radical (unpaired) electrons. The van der Waals surface area contributed by atoms with Crippen LogP contribution in [0.4, 0.5) is 0 Å². The van der Waals surface area contributed by atoms with Crippen LogP contribution in [0.2, 0.25) is 5.02 Å². The van der Waals surface area contributed by atoms with Gasteiger partial charge in [-0.15, -0.1) is 0 Å². The van der Waals surface area contributed by atoms with Gasteiger partial charge in [0.25, 0.3) is 0 Å². The topological polar surface area (TPSA) is 80.4 Å². The number of nitrogens with zero attached hydrogens (tertiary/aromatic N) is 1. The summed E-state index contributed by atoms with van der Waals surface area (Å²) in [5, 5.41) is 8.53. The number of aryl methyl sites for hydroxylation is 1. The van der Waals surface area contributed by atoms with Crippen molar-refractivity contribution in [3.8, 4) is 11.3 Å². The molecule has 1 atom stereocenters. The minimum Gasteiger partial charge on any atom is -0.439 e. The number of hydrogen-bond donors (Lipinski definition) is 1. The molecule has 2 rings (SSSR count). The Morgan fingerprint density at radius 2 is 1.95 bits per heavy atom. The van der Waals surface area contributed by atoms with Gasteiger partial charge in [0.15, 0.2) is 15.6 Å². The van der Waals surface area contributed by atoms with Crippen LogP contribution in [0.1, 0.15) is 23.8 Å². The molecular weight excluding hydrogens is 314 g/mol. The Hall–Kier alpha value is -1.37. The first kappa shape index (κ1) is 16.0. The predicted octanol–water partition coefficient (Wildman–Crippen LogP) is 2.77. The minimum absolute atomic E-state index is 0.130. The zero-order valence-electron chi connectivity index (χ0n) is 11.7. The van der Waals surface area contributed by atoms with Crippen molar-refractivity contribution in [2.75, 3.05) is 12.4 Å². The quantitative estimate of drug-likeness (QED) is 0.912. The van der Waals surface area contributed by atoms with E-state index in [0.29, 0.717) is 16.5 Å². The van der Waals surface area contributed by atoms with Gasteiger partial charge in [-0.25, -0.2) is 13.4 Å². The van der Waals surface area contributed by atoms with Gasteiger partial charge in [0, 0.05) is 10.6 Å². The Morgan fingerprint density at radius 1 is 1.33 bits per heavy atom. The number of rotatable bonds is 5.